The van der Waals surface area contributed by atoms with E-state index in [9.17, 15) is 0 Å². The van der Waals surface area contributed by atoms with Gasteiger partial charge in [0.05, 0.1) is 12.3 Å². The number of para-hydroxylation sites is 2. The van der Waals surface area contributed by atoms with Crippen LogP contribution in [0.25, 0.3) is 0 Å². The molecule has 0 bridgehead atoms. The van der Waals surface area contributed by atoms with Crippen LogP contribution in [0.3, 0.4) is 0 Å². The van der Waals surface area contributed by atoms with Gasteiger partial charge < -0.3 is 10.5 Å². The number of ether oxygens (including phenoxy) is 1. The molecule has 1 fully saturated rings. The molecule has 0 radical (unpaired) electrons. The van der Waals surface area contributed by atoms with Crippen LogP contribution in [0.15, 0.2) is 24.3 Å². The minimum absolute atomic E-state index is 0.726. The molecule has 13 heavy (non-hydrogen) atoms. The Balaban J connectivity index is 1.89. The van der Waals surface area contributed by atoms with Crippen LogP contribution in [0.1, 0.15) is 0 Å². The van der Waals surface area contributed by atoms with Crippen molar-refractivity contribution in [1.82, 2.24) is 0 Å². The Morgan fingerprint density at radius 1 is 1.38 bits per heavy atom. The SMILES string of the molecule is Nc1ccccc1OCC1CSC1. The summed E-state index contributed by atoms with van der Waals surface area (Å²) in [6.45, 7) is 0.807. The van der Waals surface area contributed by atoms with Crippen LogP contribution in [0.2, 0.25) is 0 Å². The van der Waals surface area contributed by atoms with Gasteiger partial charge in [0.25, 0.3) is 0 Å². The fourth-order valence-corrected chi connectivity index (χ4v) is 1.96. The molecule has 0 aromatic heterocycles. The van der Waals surface area contributed by atoms with Crippen LogP contribution in [0.4, 0.5) is 5.69 Å². The third-order valence-corrected chi connectivity index (χ3v) is 3.51. The van der Waals surface area contributed by atoms with Gasteiger partial charge in [0, 0.05) is 17.4 Å². The predicted octanol–water partition coefficient (Wildman–Crippen LogP) is 2.01. The van der Waals surface area contributed by atoms with E-state index in [1.54, 1.807) is 0 Å². The summed E-state index contributed by atoms with van der Waals surface area (Å²) in [7, 11) is 0. The second kappa shape index (κ2) is 3.92. The highest BCUT2D eigenvalue weighted by Gasteiger charge is 2.18. The van der Waals surface area contributed by atoms with Crippen LogP contribution in [-0.2, 0) is 0 Å². The standard InChI is InChI=1S/C10H13NOS/c11-9-3-1-2-4-10(9)12-5-8-6-13-7-8/h1-4,8H,5-7,11H2. The highest BCUT2D eigenvalue weighted by Crippen LogP contribution is 2.27. The second-order valence-electron chi connectivity index (χ2n) is 3.25. The van der Waals surface area contributed by atoms with Crippen molar-refractivity contribution in [2.24, 2.45) is 5.92 Å². The highest BCUT2D eigenvalue weighted by molar-refractivity contribution is 8.00. The van der Waals surface area contributed by atoms with Gasteiger partial charge in [-0.05, 0) is 12.1 Å². The molecule has 1 aliphatic heterocycles. The Hall–Kier alpha value is -0.830. The summed E-state index contributed by atoms with van der Waals surface area (Å²) >= 11 is 1.97. The lowest BCUT2D eigenvalue weighted by Crippen LogP contribution is -2.25. The van der Waals surface area contributed by atoms with E-state index in [0.29, 0.717) is 0 Å². The Labute approximate surface area is 82.5 Å². The van der Waals surface area contributed by atoms with Crippen LogP contribution in [0, 0.1) is 5.92 Å². The van der Waals surface area contributed by atoms with Gasteiger partial charge in [-0.2, -0.15) is 11.8 Å². The normalized spacial score (nSPS) is 16.6. The van der Waals surface area contributed by atoms with Gasteiger partial charge in [0.1, 0.15) is 5.75 Å². The number of rotatable bonds is 3. The van der Waals surface area contributed by atoms with E-state index >= 15 is 0 Å². The summed E-state index contributed by atoms with van der Waals surface area (Å²) in [5, 5.41) is 0. The lowest BCUT2D eigenvalue weighted by atomic mass is 10.2. The van der Waals surface area contributed by atoms with E-state index in [2.05, 4.69) is 0 Å². The monoisotopic (exact) mass is 195 g/mol. The van der Waals surface area contributed by atoms with Crippen LogP contribution >= 0.6 is 11.8 Å². The number of nitrogens with two attached hydrogens (primary N) is 1. The molecular weight excluding hydrogens is 182 g/mol. The Bertz CT molecular complexity index is 286. The van der Waals surface area contributed by atoms with Gasteiger partial charge in [-0.1, -0.05) is 12.1 Å². The zero-order chi connectivity index (χ0) is 9.10. The molecule has 1 aliphatic rings. The maximum absolute atomic E-state index is 5.74. The average molecular weight is 195 g/mol. The number of thioether (sulfide) groups is 1. The molecule has 0 unspecified atom stereocenters. The minimum atomic E-state index is 0.726. The molecule has 1 heterocycles. The summed E-state index contributed by atoms with van der Waals surface area (Å²) in [5.41, 5.74) is 6.47. The summed E-state index contributed by atoms with van der Waals surface area (Å²) in [4.78, 5) is 0. The molecule has 2 N–H and O–H groups in total. The number of hydrogen-bond acceptors (Lipinski definition) is 3. The van der Waals surface area contributed by atoms with E-state index in [0.717, 1.165) is 24.0 Å². The van der Waals surface area contributed by atoms with Gasteiger partial charge in [-0.25, -0.2) is 0 Å². The molecule has 1 aromatic rings. The molecule has 2 nitrogen and oxygen atoms in total. The van der Waals surface area contributed by atoms with Crippen molar-refractivity contribution in [2.75, 3.05) is 23.8 Å². The number of benzene rings is 1. The van der Waals surface area contributed by atoms with Crippen molar-refractivity contribution in [3.63, 3.8) is 0 Å². The lowest BCUT2D eigenvalue weighted by Gasteiger charge is -2.24. The summed E-state index contributed by atoms with van der Waals surface area (Å²) < 4.78 is 5.60. The van der Waals surface area contributed by atoms with Gasteiger partial charge in [-0.3, -0.25) is 0 Å². The minimum Gasteiger partial charge on any atom is -0.491 e. The van der Waals surface area contributed by atoms with Crippen molar-refractivity contribution in [3.8, 4) is 5.75 Å². The number of nitrogen functional groups attached to an aromatic ring is 1. The molecule has 1 aromatic carbocycles. The largest absolute Gasteiger partial charge is 0.491 e. The van der Waals surface area contributed by atoms with Crippen molar-refractivity contribution in [2.45, 2.75) is 0 Å². The maximum Gasteiger partial charge on any atom is 0.142 e. The van der Waals surface area contributed by atoms with Crippen molar-refractivity contribution >= 4 is 17.4 Å². The summed E-state index contributed by atoms with van der Waals surface area (Å²) in [5.74, 6) is 4.00. The number of anilines is 1. The van der Waals surface area contributed by atoms with E-state index < -0.39 is 0 Å². The average Bonchev–Trinajstić information content (AvgIpc) is 2.05. The molecular formula is C10H13NOS. The summed E-state index contributed by atoms with van der Waals surface area (Å²) in [6, 6.07) is 7.65. The first-order valence-electron chi connectivity index (χ1n) is 4.41. The van der Waals surface area contributed by atoms with Crippen molar-refractivity contribution in [1.29, 1.82) is 0 Å². The molecule has 0 amide bonds. The molecule has 0 aliphatic carbocycles. The van der Waals surface area contributed by atoms with E-state index in [1.807, 2.05) is 36.0 Å². The first-order chi connectivity index (χ1) is 6.36. The quantitative estimate of drug-likeness (QED) is 0.749. The molecule has 0 spiro atoms. The smallest absolute Gasteiger partial charge is 0.142 e. The molecule has 0 saturated carbocycles. The second-order valence-corrected chi connectivity index (χ2v) is 4.33. The Morgan fingerprint density at radius 3 is 2.77 bits per heavy atom. The number of hydrogen-bond donors (Lipinski definition) is 1. The summed E-state index contributed by atoms with van der Waals surface area (Å²) in [6.07, 6.45) is 0. The van der Waals surface area contributed by atoms with Gasteiger partial charge >= 0.3 is 0 Å². The predicted molar refractivity (Wildman–Crippen MR) is 57.2 cm³/mol. The van der Waals surface area contributed by atoms with Gasteiger partial charge in [-0.15, -0.1) is 0 Å². The van der Waals surface area contributed by atoms with E-state index in [-0.39, 0.29) is 0 Å². The van der Waals surface area contributed by atoms with E-state index in [1.165, 1.54) is 11.5 Å². The van der Waals surface area contributed by atoms with Crippen LogP contribution in [0.5, 0.6) is 5.75 Å². The van der Waals surface area contributed by atoms with Crippen molar-refractivity contribution < 1.29 is 4.74 Å². The molecule has 70 valence electrons. The third-order valence-electron chi connectivity index (χ3n) is 2.10. The topological polar surface area (TPSA) is 35.2 Å². The van der Waals surface area contributed by atoms with Crippen LogP contribution in [-0.4, -0.2) is 18.1 Å². The fraction of sp³-hybridized carbons (Fsp3) is 0.400. The Kier molecular flexibility index (Phi) is 2.64. The first-order valence-corrected chi connectivity index (χ1v) is 5.57. The third kappa shape index (κ3) is 2.10. The molecule has 1 saturated heterocycles. The maximum atomic E-state index is 5.74. The zero-order valence-corrected chi connectivity index (χ0v) is 8.22. The zero-order valence-electron chi connectivity index (χ0n) is 7.40. The van der Waals surface area contributed by atoms with Crippen LogP contribution < -0.4 is 10.5 Å². The lowest BCUT2D eigenvalue weighted by molar-refractivity contribution is 0.271. The van der Waals surface area contributed by atoms with E-state index in [4.69, 9.17) is 10.5 Å². The van der Waals surface area contributed by atoms with Gasteiger partial charge in [0.2, 0.25) is 0 Å². The molecule has 2 rings (SSSR count). The first kappa shape index (κ1) is 8.75. The van der Waals surface area contributed by atoms with Gasteiger partial charge in [0.15, 0.2) is 0 Å². The Morgan fingerprint density at radius 2 is 2.15 bits per heavy atom. The molecule has 3 heteroatoms. The molecule has 0 atom stereocenters. The fourth-order valence-electron chi connectivity index (χ4n) is 1.20. The van der Waals surface area contributed by atoms with Crippen molar-refractivity contribution in [3.05, 3.63) is 24.3 Å². The highest BCUT2D eigenvalue weighted by atomic mass is 32.2.